The quantitative estimate of drug-likeness (QED) is 0.243. The summed E-state index contributed by atoms with van der Waals surface area (Å²) >= 11 is 0. The van der Waals surface area contributed by atoms with Crippen LogP contribution in [0.4, 0.5) is 13.2 Å². The van der Waals surface area contributed by atoms with E-state index >= 15 is 0 Å². The number of carbonyl (C=O) groups is 1. The van der Waals surface area contributed by atoms with Gasteiger partial charge in [0.05, 0.1) is 17.0 Å². The molecule has 9 heteroatoms. The van der Waals surface area contributed by atoms with Crippen molar-refractivity contribution in [2.24, 2.45) is 5.41 Å². The van der Waals surface area contributed by atoms with Crippen LogP contribution in [0.5, 0.6) is 5.75 Å². The SMILES string of the molecule is Cc1c(-c2cccc(OC(F)F)c2)c2ccc(C(=O)CC3(C)CCS(=O)(=O)C3)cc2n1-c1ccc(F)cc1. The van der Waals surface area contributed by atoms with Crippen molar-refractivity contribution in [1.82, 2.24) is 4.57 Å². The van der Waals surface area contributed by atoms with Gasteiger partial charge in [-0.15, -0.1) is 0 Å². The number of carbonyl (C=O) groups excluding carboxylic acids is 1. The van der Waals surface area contributed by atoms with E-state index in [0.29, 0.717) is 28.8 Å². The van der Waals surface area contributed by atoms with E-state index < -0.39 is 27.7 Å². The third-order valence-corrected chi connectivity index (χ3v) is 9.10. The standard InChI is InChI=1S/C29H26F3NO4S/c1-18-27(20-4-3-5-23(14-20)37-28(31)32)24-11-6-19(26(34)16-29(2)12-13-38(35,36)17-29)15-25(24)33(18)22-9-7-21(30)8-10-22/h3-11,14-15,28H,12-13,16-17H2,1-2H3. The number of hydrogen-bond donors (Lipinski definition) is 0. The average Bonchev–Trinajstić information content (AvgIpc) is 3.29. The normalized spacial score (nSPS) is 18.8. The molecule has 2 heterocycles. The number of aromatic nitrogens is 1. The Morgan fingerprint density at radius 2 is 1.82 bits per heavy atom. The van der Waals surface area contributed by atoms with Gasteiger partial charge in [-0.05, 0) is 66.8 Å². The van der Waals surface area contributed by atoms with Crippen LogP contribution < -0.4 is 4.74 Å². The summed E-state index contributed by atoms with van der Waals surface area (Å²) < 4.78 is 70.0. The van der Waals surface area contributed by atoms with Crippen molar-refractivity contribution >= 4 is 26.5 Å². The van der Waals surface area contributed by atoms with Crippen LogP contribution in [0, 0.1) is 18.2 Å². The van der Waals surface area contributed by atoms with Gasteiger partial charge in [0.15, 0.2) is 15.6 Å². The third-order valence-electron chi connectivity index (χ3n) is 7.13. The van der Waals surface area contributed by atoms with Crippen LogP contribution in [-0.2, 0) is 9.84 Å². The molecule has 38 heavy (non-hydrogen) atoms. The monoisotopic (exact) mass is 541 g/mol. The predicted octanol–water partition coefficient (Wildman–Crippen LogP) is 6.74. The number of fused-ring (bicyclic) bond motifs is 1. The highest BCUT2D eigenvalue weighted by Crippen LogP contribution is 2.40. The minimum Gasteiger partial charge on any atom is -0.435 e. The predicted molar refractivity (Wildman–Crippen MR) is 140 cm³/mol. The van der Waals surface area contributed by atoms with Gasteiger partial charge in [0.1, 0.15) is 11.6 Å². The fourth-order valence-electron chi connectivity index (χ4n) is 5.41. The Kier molecular flexibility index (Phi) is 6.59. The molecule has 1 aliphatic heterocycles. The van der Waals surface area contributed by atoms with Gasteiger partial charge in [-0.2, -0.15) is 8.78 Å². The van der Waals surface area contributed by atoms with Gasteiger partial charge in [0.25, 0.3) is 0 Å². The van der Waals surface area contributed by atoms with Crippen LogP contribution in [0.3, 0.4) is 0 Å². The van der Waals surface area contributed by atoms with E-state index in [1.165, 1.54) is 24.3 Å². The van der Waals surface area contributed by atoms with Crippen molar-refractivity contribution in [2.75, 3.05) is 11.5 Å². The zero-order valence-electron chi connectivity index (χ0n) is 20.9. The molecule has 0 spiro atoms. The molecule has 1 atom stereocenters. The largest absolute Gasteiger partial charge is 0.435 e. The molecule has 0 saturated carbocycles. The number of ether oxygens (including phenoxy) is 1. The maximum Gasteiger partial charge on any atom is 0.387 e. The summed E-state index contributed by atoms with van der Waals surface area (Å²) in [5, 5.41) is 0.771. The second-order valence-corrected chi connectivity index (χ2v) is 12.3. The Bertz CT molecular complexity index is 1640. The highest BCUT2D eigenvalue weighted by molar-refractivity contribution is 7.91. The van der Waals surface area contributed by atoms with Crippen LogP contribution in [0.2, 0.25) is 0 Å². The smallest absolute Gasteiger partial charge is 0.387 e. The van der Waals surface area contributed by atoms with Crippen molar-refractivity contribution in [3.05, 3.63) is 83.8 Å². The topological polar surface area (TPSA) is 65.4 Å². The minimum atomic E-state index is -3.15. The van der Waals surface area contributed by atoms with Crippen molar-refractivity contribution in [3.63, 3.8) is 0 Å². The molecule has 1 aliphatic rings. The zero-order chi connectivity index (χ0) is 27.2. The van der Waals surface area contributed by atoms with E-state index in [9.17, 15) is 26.4 Å². The molecule has 0 amide bonds. The first-order valence-corrected chi connectivity index (χ1v) is 14.0. The molecule has 1 fully saturated rings. The highest BCUT2D eigenvalue weighted by atomic mass is 32.2. The second kappa shape index (κ2) is 9.62. The zero-order valence-corrected chi connectivity index (χ0v) is 21.7. The number of nitrogens with zero attached hydrogens (tertiary/aromatic N) is 1. The van der Waals surface area contributed by atoms with Gasteiger partial charge in [0.2, 0.25) is 0 Å². The summed E-state index contributed by atoms with van der Waals surface area (Å²) in [4.78, 5) is 13.3. The van der Waals surface area contributed by atoms with Crippen LogP contribution in [-0.4, -0.2) is 36.9 Å². The summed E-state index contributed by atoms with van der Waals surface area (Å²) in [5.74, 6) is -0.466. The number of hydrogen-bond acceptors (Lipinski definition) is 4. The van der Waals surface area contributed by atoms with Gasteiger partial charge in [-0.1, -0.05) is 31.2 Å². The first-order valence-electron chi connectivity index (χ1n) is 12.1. The summed E-state index contributed by atoms with van der Waals surface area (Å²) in [6.07, 6.45) is 0.545. The maximum absolute atomic E-state index is 13.7. The van der Waals surface area contributed by atoms with E-state index in [1.807, 2.05) is 18.4 Å². The molecule has 0 bridgehead atoms. The fraction of sp³-hybridized carbons (Fsp3) is 0.276. The van der Waals surface area contributed by atoms with Crippen molar-refractivity contribution in [3.8, 4) is 22.6 Å². The Hall–Kier alpha value is -3.59. The van der Waals surface area contributed by atoms with E-state index in [-0.39, 0.29) is 29.5 Å². The van der Waals surface area contributed by atoms with E-state index in [1.54, 1.807) is 42.5 Å². The molecule has 1 unspecified atom stereocenters. The summed E-state index contributed by atoms with van der Waals surface area (Å²) in [6.45, 7) is 0.731. The van der Waals surface area contributed by atoms with Crippen molar-refractivity contribution in [2.45, 2.75) is 33.3 Å². The van der Waals surface area contributed by atoms with Crippen LogP contribution in [0.1, 0.15) is 35.8 Å². The van der Waals surface area contributed by atoms with Gasteiger partial charge < -0.3 is 9.30 Å². The highest BCUT2D eigenvalue weighted by Gasteiger charge is 2.40. The number of rotatable bonds is 7. The molecular formula is C29H26F3NO4S. The number of sulfone groups is 1. The fourth-order valence-corrected chi connectivity index (χ4v) is 7.67. The summed E-state index contributed by atoms with van der Waals surface area (Å²) in [6, 6.07) is 17.6. The van der Waals surface area contributed by atoms with Crippen molar-refractivity contribution < 1.29 is 31.1 Å². The minimum absolute atomic E-state index is 0.0137. The van der Waals surface area contributed by atoms with E-state index in [0.717, 1.165) is 16.6 Å². The summed E-state index contributed by atoms with van der Waals surface area (Å²) in [7, 11) is -3.15. The molecule has 1 aromatic heterocycles. The number of Topliss-reactive ketones (excluding diaryl/α,β-unsaturated/α-hetero) is 1. The van der Waals surface area contributed by atoms with Crippen molar-refractivity contribution in [1.29, 1.82) is 0 Å². The van der Waals surface area contributed by atoms with E-state index in [2.05, 4.69) is 4.74 Å². The summed E-state index contributed by atoms with van der Waals surface area (Å²) in [5.41, 5.74) is 3.34. The lowest BCUT2D eigenvalue weighted by atomic mass is 9.83. The first kappa shape index (κ1) is 26.0. The lowest BCUT2D eigenvalue weighted by molar-refractivity contribution is -0.0498. The molecule has 0 N–H and O–H groups in total. The molecule has 0 aliphatic carbocycles. The maximum atomic E-state index is 13.7. The Balaban J connectivity index is 1.64. The van der Waals surface area contributed by atoms with Crippen LogP contribution >= 0.6 is 0 Å². The molecule has 198 valence electrons. The molecule has 4 aromatic rings. The van der Waals surface area contributed by atoms with Gasteiger partial charge >= 0.3 is 6.61 Å². The molecule has 0 radical (unpaired) electrons. The van der Waals surface area contributed by atoms with Gasteiger partial charge in [-0.25, -0.2) is 12.8 Å². The lowest BCUT2D eigenvalue weighted by Gasteiger charge is -2.20. The third kappa shape index (κ3) is 5.07. The van der Waals surface area contributed by atoms with Gasteiger partial charge in [-0.3, -0.25) is 4.79 Å². The number of halogens is 3. The van der Waals surface area contributed by atoms with Crippen LogP contribution in [0.25, 0.3) is 27.7 Å². The molecule has 1 saturated heterocycles. The molecule has 5 nitrogen and oxygen atoms in total. The molecular weight excluding hydrogens is 515 g/mol. The van der Waals surface area contributed by atoms with E-state index in [4.69, 9.17) is 0 Å². The Morgan fingerprint density at radius 1 is 1.08 bits per heavy atom. The second-order valence-electron chi connectivity index (χ2n) is 10.2. The van der Waals surface area contributed by atoms with Crippen LogP contribution in [0.15, 0.2) is 66.7 Å². The Morgan fingerprint density at radius 3 is 2.47 bits per heavy atom. The molecule has 3 aromatic carbocycles. The first-order chi connectivity index (χ1) is 17.9. The lowest BCUT2D eigenvalue weighted by Crippen LogP contribution is -2.22. The Labute approximate surface area is 218 Å². The number of benzene rings is 3. The number of alkyl halides is 2. The molecule has 5 rings (SSSR count). The number of ketones is 1. The van der Waals surface area contributed by atoms with Gasteiger partial charge in [0, 0.05) is 34.3 Å². The average molecular weight is 542 g/mol.